The first kappa shape index (κ1) is 25.8. The summed E-state index contributed by atoms with van der Waals surface area (Å²) in [6.07, 6.45) is 2.69. The number of amides is 1. The number of primary amides is 1. The quantitative estimate of drug-likeness (QED) is 0.291. The van der Waals surface area contributed by atoms with Crippen LogP contribution >= 0.6 is 0 Å². The number of fused-ring (bicyclic) bond motifs is 3. The maximum Gasteiger partial charge on any atom is 0.255 e. The molecule has 0 saturated heterocycles. The SMILES string of the molecule is CCCCCc1cc(F)c2c(c1O)C(O)=C1C(=O)[C@]3(O)C(O)=C(C(N)=O)C(=O)[C@@H](N(C)C)[C@@H]3C[C@@H]1C2. The number of rotatable bonds is 6. The number of nitrogens with two attached hydrogens (primary N) is 1. The highest BCUT2D eigenvalue weighted by atomic mass is 19.1. The van der Waals surface area contributed by atoms with Gasteiger partial charge in [-0.1, -0.05) is 19.8 Å². The summed E-state index contributed by atoms with van der Waals surface area (Å²) in [4.78, 5) is 40.2. The number of hydrogen-bond donors (Lipinski definition) is 5. The van der Waals surface area contributed by atoms with Gasteiger partial charge in [0.1, 0.15) is 28.7 Å². The van der Waals surface area contributed by atoms with Crippen LogP contribution in [0.2, 0.25) is 0 Å². The van der Waals surface area contributed by atoms with Crippen molar-refractivity contribution in [3.63, 3.8) is 0 Å². The van der Waals surface area contributed by atoms with E-state index in [0.717, 1.165) is 12.8 Å². The summed E-state index contributed by atoms with van der Waals surface area (Å²) in [6.45, 7) is 2.00. The number of halogens is 1. The maximum absolute atomic E-state index is 15.2. The zero-order valence-electron chi connectivity index (χ0n) is 20.5. The van der Waals surface area contributed by atoms with Gasteiger partial charge in [0.05, 0.1) is 11.6 Å². The summed E-state index contributed by atoms with van der Waals surface area (Å²) in [7, 11) is 3.04. The van der Waals surface area contributed by atoms with Crippen molar-refractivity contribution in [3.8, 4) is 5.75 Å². The number of phenolic OH excluding ortho intramolecular Hbond substituents is 1. The van der Waals surface area contributed by atoms with Crippen LogP contribution in [0.3, 0.4) is 0 Å². The second-order valence-electron chi connectivity index (χ2n) is 10.1. The molecule has 10 heteroatoms. The van der Waals surface area contributed by atoms with Gasteiger partial charge in [-0.05, 0) is 57.3 Å². The molecule has 0 heterocycles. The number of aliphatic hydroxyl groups is 3. The van der Waals surface area contributed by atoms with Crippen LogP contribution < -0.4 is 5.73 Å². The fourth-order valence-corrected chi connectivity index (χ4v) is 6.07. The molecule has 0 bridgehead atoms. The monoisotopic (exact) mass is 502 g/mol. The third kappa shape index (κ3) is 3.54. The van der Waals surface area contributed by atoms with Gasteiger partial charge in [0.25, 0.3) is 5.91 Å². The van der Waals surface area contributed by atoms with E-state index in [1.54, 1.807) is 0 Å². The lowest BCUT2D eigenvalue weighted by Crippen LogP contribution is -2.65. The summed E-state index contributed by atoms with van der Waals surface area (Å²) in [5.41, 5.74) is 1.56. The minimum atomic E-state index is -2.71. The van der Waals surface area contributed by atoms with E-state index in [2.05, 4.69) is 0 Å². The Hall–Kier alpha value is -3.24. The Bertz CT molecular complexity index is 1240. The lowest BCUT2D eigenvalue weighted by Gasteiger charge is -2.50. The summed E-state index contributed by atoms with van der Waals surface area (Å²) in [5, 5.41) is 44.5. The average Bonchev–Trinajstić information content (AvgIpc) is 2.79. The Kier molecular flexibility index (Phi) is 6.47. The highest BCUT2D eigenvalue weighted by Crippen LogP contribution is 2.53. The van der Waals surface area contributed by atoms with Crippen molar-refractivity contribution in [1.82, 2.24) is 4.90 Å². The van der Waals surface area contributed by atoms with Crippen LogP contribution in [0.5, 0.6) is 5.75 Å². The second kappa shape index (κ2) is 9.01. The Morgan fingerprint density at radius 2 is 1.89 bits per heavy atom. The number of aromatic hydroxyl groups is 1. The van der Waals surface area contributed by atoms with Crippen LogP contribution in [0.25, 0.3) is 5.76 Å². The van der Waals surface area contributed by atoms with E-state index in [1.807, 2.05) is 6.92 Å². The molecule has 4 rings (SSSR count). The molecule has 194 valence electrons. The molecule has 36 heavy (non-hydrogen) atoms. The van der Waals surface area contributed by atoms with Gasteiger partial charge in [0, 0.05) is 17.1 Å². The molecule has 4 atom stereocenters. The van der Waals surface area contributed by atoms with Gasteiger partial charge in [-0.3, -0.25) is 19.3 Å². The molecular formula is C26H31FN2O7. The van der Waals surface area contributed by atoms with E-state index in [9.17, 15) is 34.8 Å². The predicted molar refractivity (Wildman–Crippen MR) is 127 cm³/mol. The normalized spacial score (nSPS) is 27.8. The van der Waals surface area contributed by atoms with Crippen molar-refractivity contribution in [2.75, 3.05) is 14.1 Å². The number of carbonyl (C=O) groups excluding carboxylic acids is 3. The van der Waals surface area contributed by atoms with Crippen molar-refractivity contribution in [2.24, 2.45) is 17.6 Å². The fourth-order valence-electron chi connectivity index (χ4n) is 6.07. The molecule has 6 N–H and O–H groups in total. The number of aryl methyl sites for hydroxylation is 1. The van der Waals surface area contributed by atoms with Gasteiger partial charge >= 0.3 is 0 Å². The molecule has 0 spiro atoms. The zero-order valence-corrected chi connectivity index (χ0v) is 20.5. The molecule has 1 saturated carbocycles. The lowest BCUT2D eigenvalue weighted by atomic mass is 9.57. The molecule has 3 aliphatic carbocycles. The van der Waals surface area contributed by atoms with E-state index >= 15 is 4.39 Å². The molecule has 0 radical (unpaired) electrons. The number of nitrogens with zero attached hydrogens (tertiary/aromatic N) is 1. The minimum absolute atomic E-state index is 0.0392. The average molecular weight is 503 g/mol. The maximum atomic E-state index is 15.2. The Balaban J connectivity index is 1.91. The van der Waals surface area contributed by atoms with Gasteiger partial charge in [-0.25, -0.2) is 4.39 Å². The third-order valence-electron chi connectivity index (χ3n) is 7.79. The lowest BCUT2D eigenvalue weighted by molar-refractivity contribution is -0.153. The summed E-state index contributed by atoms with van der Waals surface area (Å²) < 4.78 is 15.2. The number of unbranched alkanes of at least 4 members (excludes halogenated alkanes) is 2. The Morgan fingerprint density at radius 3 is 2.47 bits per heavy atom. The van der Waals surface area contributed by atoms with Gasteiger partial charge in [0.2, 0.25) is 5.78 Å². The Morgan fingerprint density at radius 1 is 1.22 bits per heavy atom. The predicted octanol–water partition coefficient (Wildman–Crippen LogP) is 1.84. The van der Waals surface area contributed by atoms with Crippen LogP contribution in [-0.2, 0) is 27.2 Å². The van der Waals surface area contributed by atoms with Gasteiger partial charge in [0.15, 0.2) is 11.4 Å². The summed E-state index contributed by atoms with van der Waals surface area (Å²) in [5.74, 6) is -8.03. The second-order valence-corrected chi connectivity index (χ2v) is 10.1. The molecular weight excluding hydrogens is 471 g/mol. The first-order valence-electron chi connectivity index (χ1n) is 12.1. The van der Waals surface area contributed by atoms with Gasteiger partial charge in [-0.15, -0.1) is 0 Å². The van der Waals surface area contributed by atoms with Gasteiger partial charge < -0.3 is 26.2 Å². The molecule has 1 fully saturated rings. The topological polar surface area (TPSA) is 161 Å². The van der Waals surface area contributed by atoms with Crippen molar-refractivity contribution >= 4 is 23.2 Å². The first-order chi connectivity index (χ1) is 16.9. The van der Waals surface area contributed by atoms with E-state index in [-0.39, 0.29) is 35.3 Å². The van der Waals surface area contributed by atoms with Crippen molar-refractivity contribution in [2.45, 2.75) is 57.1 Å². The van der Waals surface area contributed by atoms with Crippen LogP contribution in [0.15, 0.2) is 23.0 Å². The number of benzene rings is 1. The number of phenols is 1. The number of aliphatic hydroxyl groups excluding tert-OH is 2. The minimum Gasteiger partial charge on any atom is -0.508 e. The summed E-state index contributed by atoms with van der Waals surface area (Å²) >= 11 is 0. The van der Waals surface area contributed by atoms with E-state index in [0.29, 0.717) is 18.4 Å². The fraction of sp³-hybridized carbons (Fsp3) is 0.500. The largest absolute Gasteiger partial charge is 0.508 e. The van der Waals surface area contributed by atoms with Crippen molar-refractivity contribution < 1.29 is 39.2 Å². The molecule has 1 aromatic carbocycles. The van der Waals surface area contributed by atoms with Crippen LogP contribution in [0.1, 0.15) is 49.3 Å². The Labute approximate surface area is 207 Å². The van der Waals surface area contributed by atoms with E-state index in [4.69, 9.17) is 5.73 Å². The first-order valence-corrected chi connectivity index (χ1v) is 12.1. The highest BCUT2D eigenvalue weighted by molar-refractivity contribution is 6.24. The number of hydrogen-bond acceptors (Lipinski definition) is 8. The number of carbonyl (C=O) groups is 3. The third-order valence-corrected chi connectivity index (χ3v) is 7.79. The van der Waals surface area contributed by atoms with Crippen molar-refractivity contribution in [3.05, 3.63) is 45.5 Å². The van der Waals surface area contributed by atoms with Gasteiger partial charge in [-0.2, -0.15) is 0 Å². The van der Waals surface area contributed by atoms with Crippen LogP contribution in [-0.4, -0.2) is 68.5 Å². The smallest absolute Gasteiger partial charge is 0.255 e. The number of Topliss-reactive ketones (excluding diaryl/α,β-unsaturated/α-hetero) is 2. The van der Waals surface area contributed by atoms with Crippen LogP contribution in [0.4, 0.5) is 4.39 Å². The number of ketones is 2. The summed E-state index contributed by atoms with van der Waals surface area (Å²) in [6, 6.07) is 0.0606. The zero-order chi connectivity index (χ0) is 26.7. The molecule has 9 nitrogen and oxygen atoms in total. The number of likely N-dealkylation sites (N-methyl/N-ethyl adjacent to an activating group) is 1. The standard InChI is InChI=1S/C26H31FN2O7/c1-4-5-6-7-11-10-15(27)13-8-12-9-14-19(29(2)3)22(32)18(25(28)35)24(34)26(14,36)23(33)16(12)21(31)17(13)20(11)30/h10,12,14,19,30-31,34,36H,4-9H2,1-3H3,(H2,28,35)/t12-,14-,19-,26-/m0/s1. The molecule has 0 unspecified atom stereocenters. The molecule has 1 amide bonds. The molecule has 0 aliphatic heterocycles. The van der Waals surface area contributed by atoms with E-state index in [1.165, 1.54) is 25.1 Å². The molecule has 3 aliphatic rings. The van der Waals surface area contributed by atoms with Crippen molar-refractivity contribution in [1.29, 1.82) is 0 Å². The van der Waals surface area contributed by atoms with E-state index < -0.39 is 63.9 Å². The van der Waals surface area contributed by atoms with Crippen LogP contribution in [0, 0.1) is 17.7 Å². The molecule has 1 aromatic rings. The highest BCUT2D eigenvalue weighted by Gasteiger charge is 2.64. The molecule has 0 aromatic heterocycles.